The lowest BCUT2D eigenvalue weighted by Gasteiger charge is -2.15. The van der Waals surface area contributed by atoms with Gasteiger partial charge in [-0.25, -0.2) is 0 Å². The highest BCUT2D eigenvalue weighted by Crippen LogP contribution is 2.34. The SMILES string of the molecule is COc1ccc(CCN2C(=O)c3ccc(Oc4ccc5c(c4)C(=O)N(CCc4ccc(OC)c(OC)c4)C5=O)cc3C2=O)cc1OC. The summed E-state index contributed by atoms with van der Waals surface area (Å²) in [5, 5.41) is 0. The van der Waals surface area contributed by atoms with Gasteiger partial charge in [0.15, 0.2) is 23.0 Å². The second kappa shape index (κ2) is 12.9. The van der Waals surface area contributed by atoms with Crippen LogP contribution in [0.2, 0.25) is 0 Å². The van der Waals surface area contributed by atoms with Gasteiger partial charge in [-0.2, -0.15) is 0 Å². The van der Waals surface area contributed by atoms with Crippen molar-refractivity contribution >= 4 is 23.6 Å². The average Bonchev–Trinajstić information content (AvgIpc) is 3.48. The van der Waals surface area contributed by atoms with Gasteiger partial charge in [0.25, 0.3) is 23.6 Å². The Kier molecular flexibility index (Phi) is 8.53. The number of rotatable bonds is 12. The van der Waals surface area contributed by atoms with Crippen molar-refractivity contribution in [1.82, 2.24) is 9.80 Å². The topological polar surface area (TPSA) is 121 Å². The lowest BCUT2D eigenvalue weighted by atomic mass is 10.1. The maximum atomic E-state index is 13.3. The Morgan fingerprint density at radius 3 is 1.21 bits per heavy atom. The molecule has 11 heteroatoms. The van der Waals surface area contributed by atoms with Crippen LogP contribution < -0.4 is 23.7 Å². The molecule has 6 rings (SSSR count). The predicted octanol–water partition coefficient (Wildman–Crippen LogP) is 5.19. The minimum atomic E-state index is -0.421. The number of carbonyl (C=O) groups is 4. The summed E-state index contributed by atoms with van der Waals surface area (Å²) in [6, 6.07) is 20.2. The zero-order valence-electron chi connectivity index (χ0n) is 26.3. The van der Waals surface area contributed by atoms with E-state index in [1.54, 1.807) is 64.8 Å². The summed E-state index contributed by atoms with van der Waals surface area (Å²) >= 11 is 0. The monoisotopic (exact) mass is 636 g/mol. The average molecular weight is 637 g/mol. The predicted molar refractivity (Wildman–Crippen MR) is 170 cm³/mol. The van der Waals surface area contributed by atoms with Gasteiger partial charge >= 0.3 is 0 Å². The molecule has 0 aliphatic carbocycles. The van der Waals surface area contributed by atoms with E-state index in [1.165, 1.54) is 21.9 Å². The van der Waals surface area contributed by atoms with E-state index in [0.29, 0.717) is 47.3 Å². The number of benzene rings is 4. The second-order valence-electron chi connectivity index (χ2n) is 10.9. The van der Waals surface area contributed by atoms with Gasteiger partial charge < -0.3 is 23.7 Å². The molecule has 0 bridgehead atoms. The summed E-state index contributed by atoms with van der Waals surface area (Å²) < 4.78 is 27.3. The van der Waals surface area contributed by atoms with Crippen molar-refractivity contribution in [1.29, 1.82) is 0 Å². The molecule has 11 nitrogen and oxygen atoms in total. The normalized spacial score (nSPS) is 13.5. The van der Waals surface area contributed by atoms with E-state index in [1.807, 2.05) is 24.3 Å². The Morgan fingerprint density at radius 1 is 0.447 bits per heavy atom. The molecule has 240 valence electrons. The van der Waals surface area contributed by atoms with Gasteiger partial charge in [-0.3, -0.25) is 29.0 Å². The molecule has 0 radical (unpaired) electrons. The van der Waals surface area contributed by atoms with Gasteiger partial charge in [-0.05, 0) is 84.6 Å². The van der Waals surface area contributed by atoms with Crippen LogP contribution in [-0.4, -0.2) is 75.0 Å². The molecule has 0 atom stereocenters. The number of amides is 4. The third kappa shape index (κ3) is 5.83. The van der Waals surface area contributed by atoms with E-state index in [0.717, 1.165) is 11.1 Å². The van der Waals surface area contributed by atoms with Crippen LogP contribution in [0.1, 0.15) is 52.6 Å². The molecule has 4 amide bonds. The summed E-state index contributed by atoms with van der Waals surface area (Å²) in [7, 11) is 6.20. The summed E-state index contributed by atoms with van der Waals surface area (Å²) in [6.07, 6.45) is 0.866. The van der Waals surface area contributed by atoms with E-state index in [-0.39, 0.29) is 47.2 Å². The minimum Gasteiger partial charge on any atom is -0.493 e. The largest absolute Gasteiger partial charge is 0.493 e. The number of imide groups is 2. The summed E-state index contributed by atoms with van der Waals surface area (Å²) in [6.45, 7) is 0.364. The number of ether oxygens (including phenoxy) is 5. The van der Waals surface area contributed by atoms with E-state index >= 15 is 0 Å². The highest BCUT2D eigenvalue weighted by Gasteiger charge is 2.37. The maximum absolute atomic E-state index is 13.3. The van der Waals surface area contributed by atoms with Crippen LogP contribution in [0, 0.1) is 0 Å². The van der Waals surface area contributed by atoms with Gasteiger partial charge in [0.05, 0.1) is 50.7 Å². The van der Waals surface area contributed by atoms with Crippen molar-refractivity contribution in [3.8, 4) is 34.5 Å². The Hall–Kier alpha value is -5.84. The van der Waals surface area contributed by atoms with Crippen molar-refractivity contribution in [2.75, 3.05) is 41.5 Å². The van der Waals surface area contributed by atoms with Crippen LogP contribution in [0.5, 0.6) is 34.5 Å². The van der Waals surface area contributed by atoms with Gasteiger partial charge in [0.2, 0.25) is 0 Å². The van der Waals surface area contributed by atoms with Crippen molar-refractivity contribution in [3.63, 3.8) is 0 Å². The third-order valence-electron chi connectivity index (χ3n) is 8.26. The molecule has 0 spiro atoms. The number of methoxy groups -OCH3 is 4. The lowest BCUT2D eigenvalue weighted by molar-refractivity contribution is 0.0640. The first kappa shape index (κ1) is 31.2. The van der Waals surface area contributed by atoms with Crippen molar-refractivity contribution < 1.29 is 42.9 Å². The Balaban J connectivity index is 1.12. The number of carbonyl (C=O) groups excluding carboxylic acids is 4. The number of fused-ring (bicyclic) bond motifs is 2. The smallest absolute Gasteiger partial charge is 0.261 e. The molecule has 0 unspecified atom stereocenters. The molecule has 2 aliphatic heterocycles. The highest BCUT2D eigenvalue weighted by molar-refractivity contribution is 6.22. The van der Waals surface area contributed by atoms with Crippen LogP contribution in [-0.2, 0) is 12.8 Å². The summed E-state index contributed by atoms with van der Waals surface area (Å²) in [4.78, 5) is 55.1. The zero-order valence-corrected chi connectivity index (χ0v) is 26.3. The van der Waals surface area contributed by atoms with Crippen molar-refractivity contribution in [2.24, 2.45) is 0 Å². The first-order valence-corrected chi connectivity index (χ1v) is 14.9. The highest BCUT2D eigenvalue weighted by atomic mass is 16.5. The minimum absolute atomic E-state index is 0.182. The molecule has 0 fully saturated rings. The quantitative estimate of drug-likeness (QED) is 0.194. The van der Waals surface area contributed by atoms with Crippen molar-refractivity contribution in [2.45, 2.75) is 12.8 Å². The van der Waals surface area contributed by atoms with Gasteiger partial charge in [0.1, 0.15) is 11.5 Å². The second-order valence-corrected chi connectivity index (χ2v) is 10.9. The number of hydrogen-bond acceptors (Lipinski definition) is 9. The molecular weight excluding hydrogens is 604 g/mol. The van der Waals surface area contributed by atoms with E-state index in [2.05, 4.69) is 0 Å². The zero-order chi connectivity index (χ0) is 33.2. The fraction of sp³-hybridized carbons (Fsp3) is 0.222. The molecular formula is C36H32N2O9. The van der Waals surface area contributed by atoms with Gasteiger partial charge in [-0.1, -0.05) is 12.1 Å². The number of hydrogen-bond donors (Lipinski definition) is 0. The Labute approximate surface area is 271 Å². The fourth-order valence-electron chi connectivity index (χ4n) is 5.76. The molecule has 2 aliphatic rings. The molecule has 4 aromatic carbocycles. The fourth-order valence-corrected chi connectivity index (χ4v) is 5.76. The molecule has 0 aromatic heterocycles. The third-order valence-corrected chi connectivity index (χ3v) is 8.26. The first-order chi connectivity index (χ1) is 22.8. The van der Waals surface area contributed by atoms with Crippen LogP contribution in [0.4, 0.5) is 0 Å². The van der Waals surface area contributed by atoms with Crippen LogP contribution >= 0.6 is 0 Å². The van der Waals surface area contributed by atoms with Crippen molar-refractivity contribution in [3.05, 3.63) is 106 Å². The van der Waals surface area contributed by atoms with E-state index in [4.69, 9.17) is 23.7 Å². The maximum Gasteiger partial charge on any atom is 0.261 e. The van der Waals surface area contributed by atoms with E-state index in [9.17, 15) is 19.2 Å². The van der Waals surface area contributed by atoms with Gasteiger partial charge in [-0.15, -0.1) is 0 Å². The Bertz CT molecular complexity index is 1780. The Morgan fingerprint density at radius 2 is 0.830 bits per heavy atom. The molecule has 0 N–H and O–H groups in total. The van der Waals surface area contributed by atoms with E-state index < -0.39 is 11.8 Å². The first-order valence-electron chi connectivity index (χ1n) is 14.9. The van der Waals surface area contributed by atoms with Gasteiger partial charge in [0, 0.05) is 13.1 Å². The standard InChI is InChI=1S/C36H32N2O9/c1-43-29-11-5-21(17-31(29)45-3)13-15-37-33(39)25-9-7-23(19-27(25)35(37)41)47-24-8-10-26-28(20-24)36(42)38(34(26)40)16-14-22-6-12-30(44-2)32(18-22)46-4/h5-12,17-20H,13-16H2,1-4H3. The van der Waals surface area contributed by atoms with Crippen LogP contribution in [0.3, 0.4) is 0 Å². The molecule has 4 aromatic rings. The summed E-state index contributed by atoms with van der Waals surface area (Å²) in [5.41, 5.74) is 2.80. The molecule has 0 saturated heterocycles. The van der Waals surface area contributed by atoms with Crippen LogP contribution in [0.25, 0.3) is 0 Å². The molecule has 47 heavy (non-hydrogen) atoms. The molecule has 2 heterocycles. The summed E-state index contributed by atoms with van der Waals surface area (Å²) in [5.74, 6) is 1.33. The molecule has 0 saturated carbocycles. The van der Waals surface area contributed by atoms with Crippen LogP contribution in [0.15, 0.2) is 72.8 Å². The number of nitrogens with zero attached hydrogens (tertiary/aromatic N) is 2. The lowest BCUT2D eigenvalue weighted by Crippen LogP contribution is -2.31.